The molecule has 6 heteroatoms. The first-order chi connectivity index (χ1) is 12.6. The Morgan fingerprint density at radius 1 is 1.04 bits per heavy atom. The zero-order valence-corrected chi connectivity index (χ0v) is 15.6. The lowest BCUT2D eigenvalue weighted by atomic mass is 10.2. The molecule has 26 heavy (non-hydrogen) atoms. The molecule has 0 radical (unpaired) electrons. The molecule has 0 spiro atoms. The molecule has 0 atom stereocenters. The summed E-state index contributed by atoms with van der Waals surface area (Å²) in [5, 5.41) is 9.88. The minimum atomic E-state index is -0.127. The van der Waals surface area contributed by atoms with E-state index < -0.39 is 0 Å². The molecule has 1 amide bonds. The van der Waals surface area contributed by atoms with Crippen LogP contribution in [-0.2, 0) is 4.79 Å². The lowest BCUT2D eigenvalue weighted by molar-refractivity contribution is -0.120. The van der Waals surface area contributed by atoms with Gasteiger partial charge in [0.05, 0.1) is 0 Å². The Bertz CT molecular complexity index is 835. The van der Waals surface area contributed by atoms with Gasteiger partial charge in [0.1, 0.15) is 10.8 Å². The van der Waals surface area contributed by atoms with Gasteiger partial charge in [-0.15, -0.1) is 10.2 Å². The third-order valence-corrected chi connectivity index (χ3v) is 4.62. The van der Waals surface area contributed by atoms with Crippen LogP contribution in [0.5, 0.6) is 5.75 Å². The van der Waals surface area contributed by atoms with Crippen molar-refractivity contribution in [2.75, 3.05) is 18.1 Å². The average Bonchev–Trinajstić information content (AvgIpc) is 3.15. The first kappa shape index (κ1) is 18.1. The summed E-state index contributed by atoms with van der Waals surface area (Å²) in [4.78, 5) is 14.4. The van der Waals surface area contributed by atoms with Crippen molar-refractivity contribution in [3.05, 3.63) is 60.7 Å². The summed E-state index contributed by atoms with van der Waals surface area (Å²) in [6.45, 7) is 4.67. The van der Waals surface area contributed by atoms with Crippen LogP contribution in [0.15, 0.2) is 60.7 Å². The van der Waals surface area contributed by atoms with Crippen LogP contribution in [0.25, 0.3) is 10.6 Å². The zero-order valence-electron chi connectivity index (χ0n) is 14.8. The summed E-state index contributed by atoms with van der Waals surface area (Å²) in [6.07, 6.45) is 0. The number of hydrogen-bond acceptors (Lipinski definition) is 5. The maximum Gasteiger partial charge on any atom is 0.266 e. The van der Waals surface area contributed by atoms with E-state index in [-0.39, 0.29) is 12.5 Å². The van der Waals surface area contributed by atoms with Crippen LogP contribution < -0.4 is 9.64 Å². The molecule has 0 unspecified atom stereocenters. The summed E-state index contributed by atoms with van der Waals surface area (Å²) in [6, 6.07) is 19.2. The number of aromatic nitrogens is 2. The zero-order chi connectivity index (χ0) is 18.4. The Hall–Kier alpha value is -2.73. The van der Waals surface area contributed by atoms with E-state index in [1.807, 2.05) is 60.7 Å². The minimum absolute atomic E-state index is 0.0308. The second kappa shape index (κ2) is 8.58. The van der Waals surface area contributed by atoms with Crippen LogP contribution in [0.2, 0.25) is 0 Å². The maximum atomic E-state index is 12.7. The van der Waals surface area contributed by atoms with Gasteiger partial charge in [-0.3, -0.25) is 9.69 Å². The van der Waals surface area contributed by atoms with Crippen molar-refractivity contribution in [1.29, 1.82) is 0 Å². The van der Waals surface area contributed by atoms with Crippen molar-refractivity contribution < 1.29 is 9.53 Å². The van der Waals surface area contributed by atoms with Crippen molar-refractivity contribution >= 4 is 22.4 Å². The van der Waals surface area contributed by atoms with Gasteiger partial charge in [-0.1, -0.05) is 73.7 Å². The van der Waals surface area contributed by atoms with E-state index in [2.05, 4.69) is 24.0 Å². The van der Waals surface area contributed by atoms with Gasteiger partial charge >= 0.3 is 0 Å². The van der Waals surface area contributed by atoms with Crippen molar-refractivity contribution in [1.82, 2.24) is 10.2 Å². The van der Waals surface area contributed by atoms with Crippen LogP contribution in [0.4, 0.5) is 5.13 Å². The van der Waals surface area contributed by atoms with Gasteiger partial charge in [0, 0.05) is 12.1 Å². The average molecular weight is 367 g/mol. The normalized spacial score (nSPS) is 10.7. The molecule has 0 bridgehead atoms. The van der Waals surface area contributed by atoms with E-state index >= 15 is 0 Å². The SMILES string of the molecule is CC(C)CN(C(=O)COc1ccccc1)c1nnc(-c2ccccc2)s1. The van der Waals surface area contributed by atoms with Gasteiger partial charge in [-0.05, 0) is 18.1 Å². The Kier molecular flexibility index (Phi) is 5.96. The van der Waals surface area contributed by atoms with Gasteiger partial charge < -0.3 is 4.74 Å². The van der Waals surface area contributed by atoms with E-state index in [0.29, 0.717) is 23.3 Å². The number of carbonyl (C=O) groups excluding carboxylic acids is 1. The minimum Gasteiger partial charge on any atom is -0.484 e. The van der Waals surface area contributed by atoms with Crippen molar-refractivity contribution in [2.45, 2.75) is 13.8 Å². The molecule has 5 nitrogen and oxygen atoms in total. The number of nitrogens with zero attached hydrogens (tertiary/aromatic N) is 3. The molecule has 0 saturated heterocycles. The second-order valence-corrected chi connectivity index (χ2v) is 7.21. The van der Waals surface area contributed by atoms with Gasteiger partial charge in [0.2, 0.25) is 5.13 Å². The van der Waals surface area contributed by atoms with E-state index in [0.717, 1.165) is 10.6 Å². The van der Waals surface area contributed by atoms with Crippen molar-refractivity contribution in [3.63, 3.8) is 0 Å². The highest BCUT2D eigenvalue weighted by molar-refractivity contribution is 7.18. The summed E-state index contributed by atoms with van der Waals surface area (Å²) in [7, 11) is 0. The Morgan fingerprint density at radius 3 is 2.35 bits per heavy atom. The van der Waals surface area contributed by atoms with Crippen LogP contribution in [0.1, 0.15) is 13.8 Å². The number of ether oxygens (including phenoxy) is 1. The van der Waals surface area contributed by atoms with Crippen molar-refractivity contribution in [2.24, 2.45) is 5.92 Å². The molecule has 3 aromatic rings. The van der Waals surface area contributed by atoms with Crippen LogP contribution >= 0.6 is 11.3 Å². The Morgan fingerprint density at radius 2 is 1.69 bits per heavy atom. The molecular formula is C20H21N3O2S. The third kappa shape index (κ3) is 4.67. The molecule has 3 rings (SSSR count). The molecule has 2 aromatic carbocycles. The molecule has 0 aliphatic heterocycles. The molecule has 0 N–H and O–H groups in total. The smallest absolute Gasteiger partial charge is 0.266 e. The molecule has 1 aromatic heterocycles. The van der Waals surface area contributed by atoms with E-state index in [1.165, 1.54) is 11.3 Å². The van der Waals surface area contributed by atoms with Crippen LogP contribution in [0, 0.1) is 5.92 Å². The summed E-state index contributed by atoms with van der Waals surface area (Å²) in [5.41, 5.74) is 0.994. The summed E-state index contributed by atoms with van der Waals surface area (Å²) in [5.74, 6) is 0.852. The van der Waals surface area contributed by atoms with Gasteiger partial charge in [-0.25, -0.2) is 0 Å². The molecule has 0 fully saturated rings. The fourth-order valence-electron chi connectivity index (χ4n) is 2.41. The predicted octanol–water partition coefficient (Wildman–Crippen LogP) is 4.27. The number of para-hydroxylation sites is 1. The maximum absolute atomic E-state index is 12.7. The molecule has 134 valence electrons. The standard InChI is InChI=1S/C20H21N3O2S/c1-15(2)13-23(18(24)14-25-17-11-7-4-8-12-17)20-22-21-19(26-20)16-9-5-3-6-10-16/h3-12,15H,13-14H2,1-2H3. The quantitative estimate of drug-likeness (QED) is 0.626. The Labute approximate surface area is 157 Å². The molecule has 0 saturated carbocycles. The lowest BCUT2D eigenvalue weighted by Crippen LogP contribution is -2.37. The van der Waals surface area contributed by atoms with Gasteiger partial charge in [0.15, 0.2) is 6.61 Å². The topological polar surface area (TPSA) is 55.3 Å². The third-order valence-electron chi connectivity index (χ3n) is 3.62. The van der Waals surface area contributed by atoms with Gasteiger partial charge in [0.25, 0.3) is 5.91 Å². The van der Waals surface area contributed by atoms with E-state index in [9.17, 15) is 4.79 Å². The second-order valence-electron chi connectivity index (χ2n) is 6.26. The van der Waals surface area contributed by atoms with Crippen LogP contribution in [0.3, 0.4) is 0 Å². The predicted molar refractivity (Wildman–Crippen MR) is 104 cm³/mol. The highest BCUT2D eigenvalue weighted by Gasteiger charge is 2.22. The number of anilines is 1. The summed E-state index contributed by atoms with van der Waals surface area (Å²) >= 11 is 1.41. The first-order valence-corrected chi connectivity index (χ1v) is 9.32. The molecular weight excluding hydrogens is 346 g/mol. The van der Waals surface area contributed by atoms with E-state index in [1.54, 1.807) is 4.90 Å². The number of rotatable bonds is 7. The number of carbonyl (C=O) groups is 1. The highest BCUT2D eigenvalue weighted by Crippen LogP contribution is 2.29. The van der Waals surface area contributed by atoms with E-state index in [4.69, 9.17) is 4.74 Å². The number of amides is 1. The highest BCUT2D eigenvalue weighted by atomic mass is 32.1. The van der Waals surface area contributed by atoms with Crippen LogP contribution in [-0.4, -0.2) is 29.3 Å². The molecule has 0 aliphatic carbocycles. The largest absolute Gasteiger partial charge is 0.484 e. The van der Waals surface area contributed by atoms with Gasteiger partial charge in [-0.2, -0.15) is 0 Å². The lowest BCUT2D eigenvalue weighted by Gasteiger charge is -2.21. The number of benzene rings is 2. The van der Waals surface area contributed by atoms with Crippen molar-refractivity contribution in [3.8, 4) is 16.3 Å². The first-order valence-electron chi connectivity index (χ1n) is 8.50. The summed E-state index contributed by atoms with van der Waals surface area (Å²) < 4.78 is 5.61. The fraction of sp³-hybridized carbons (Fsp3) is 0.250. The molecule has 1 heterocycles. The monoisotopic (exact) mass is 367 g/mol. The Balaban J connectivity index is 1.75. The number of hydrogen-bond donors (Lipinski definition) is 0. The fourth-order valence-corrected chi connectivity index (χ4v) is 3.29. The molecule has 0 aliphatic rings.